The Morgan fingerprint density at radius 2 is 1.85 bits per heavy atom. The molecule has 2 rings (SSSR count). The third kappa shape index (κ3) is 5.60. The van der Waals surface area contributed by atoms with Gasteiger partial charge in [0.25, 0.3) is 11.8 Å². The first-order valence-electron chi connectivity index (χ1n) is 8.62. The van der Waals surface area contributed by atoms with Gasteiger partial charge in [0.05, 0.1) is 17.9 Å². The van der Waals surface area contributed by atoms with Crippen LogP contribution in [0.5, 0.6) is 5.75 Å². The van der Waals surface area contributed by atoms with Crippen LogP contribution in [0.1, 0.15) is 34.6 Å². The van der Waals surface area contributed by atoms with Crippen molar-refractivity contribution < 1.29 is 14.3 Å². The van der Waals surface area contributed by atoms with Crippen LogP contribution in [0.4, 0.5) is 5.69 Å². The van der Waals surface area contributed by atoms with E-state index in [4.69, 9.17) is 10.5 Å². The number of carbonyl (C=O) groups is 2. The van der Waals surface area contributed by atoms with E-state index in [0.29, 0.717) is 48.2 Å². The average Bonchev–Trinajstić information content (AvgIpc) is 2.65. The molecular formula is C20H25N3O3. The van der Waals surface area contributed by atoms with E-state index < -0.39 is 0 Å². The van der Waals surface area contributed by atoms with Crippen LogP contribution in [-0.2, 0) is 0 Å². The highest BCUT2D eigenvalue weighted by Gasteiger charge is 2.14. The molecule has 138 valence electrons. The first kappa shape index (κ1) is 19.5. The molecule has 0 atom stereocenters. The lowest BCUT2D eigenvalue weighted by Gasteiger charge is -2.12. The molecule has 0 aromatic heterocycles. The topological polar surface area (TPSA) is 93.4 Å². The summed E-state index contributed by atoms with van der Waals surface area (Å²) < 4.78 is 5.66. The molecule has 2 aromatic rings. The molecule has 26 heavy (non-hydrogen) atoms. The number of hydrogen-bond acceptors (Lipinski definition) is 4. The predicted octanol–water partition coefficient (Wildman–Crippen LogP) is 2.66. The number of anilines is 1. The molecule has 0 aliphatic carbocycles. The molecule has 0 saturated carbocycles. The van der Waals surface area contributed by atoms with Gasteiger partial charge < -0.3 is 21.1 Å². The second kappa shape index (κ2) is 9.58. The number of ether oxygens (including phenoxy) is 1. The number of nitrogens with one attached hydrogen (secondary N) is 2. The first-order chi connectivity index (χ1) is 12.5. The molecule has 0 fully saturated rings. The van der Waals surface area contributed by atoms with Crippen molar-refractivity contribution in [3.63, 3.8) is 0 Å². The maximum Gasteiger partial charge on any atom is 0.255 e. The van der Waals surface area contributed by atoms with Crippen molar-refractivity contribution in [2.75, 3.05) is 25.0 Å². The van der Waals surface area contributed by atoms with E-state index >= 15 is 0 Å². The fourth-order valence-electron chi connectivity index (χ4n) is 2.26. The Kier molecular flexibility index (Phi) is 7.17. The predicted molar refractivity (Wildman–Crippen MR) is 103 cm³/mol. The van der Waals surface area contributed by atoms with Crippen molar-refractivity contribution in [1.29, 1.82) is 0 Å². The molecule has 0 heterocycles. The smallest absolute Gasteiger partial charge is 0.255 e. The summed E-state index contributed by atoms with van der Waals surface area (Å²) in [7, 11) is 0. The summed E-state index contributed by atoms with van der Waals surface area (Å²) in [5, 5.41) is 5.49. The van der Waals surface area contributed by atoms with Crippen molar-refractivity contribution in [3.05, 3.63) is 59.7 Å². The standard InChI is InChI=1S/C20H25N3O3/c1-14(2)13-26-16-7-5-6-15(12-16)19(24)23-18-9-4-3-8-17(18)20(25)22-11-10-21/h3-9,12,14H,10-11,13,21H2,1-2H3,(H,22,25)(H,23,24). The first-order valence-corrected chi connectivity index (χ1v) is 8.62. The third-order valence-corrected chi connectivity index (χ3v) is 3.53. The summed E-state index contributed by atoms with van der Waals surface area (Å²) in [6, 6.07) is 13.8. The van der Waals surface area contributed by atoms with Crippen molar-refractivity contribution in [2.45, 2.75) is 13.8 Å². The normalized spacial score (nSPS) is 10.5. The molecule has 0 radical (unpaired) electrons. The molecule has 6 nitrogen and oxygen atoms in total. The van der Waals surface area contributed by atoms with Gasteiger partial charge >= 0.3 is 0 Å². The maximum atomic E-state index is 12.6. The van der Waals surface area contributed by atoms with Crippen LogP contribution >= 0.6 is 0 Å². The fourth-order valence-corrected chi connectivity index (χ4v) is 2.26. The van der Waals surface area contributed by atoms with E-state index in [9.17, 15) is 9.59 Å². The Balaban J connectivity index is 2.13. The Morgan fingerprint density at radius 3 is 2.58 bits per heavy atom. The molecule has 0 saturated heterocycles. The second-order valence-corrected chi connectivity index (χ2v) is 6.28. The van der Waals surface area contributed by atoms with E-state index in [1.54, 1.807) is 42.5 Å². The van der Waals surface area contributed by atoms with Crippen LogP contribution in [0.3, 0.4) is 0 Å². The van der Waals surface area contributed by atoms with Crippen molar-refractivity contribution >= 4 is 17.5 Å². The highest BCUT2D eigenvalue weighted by atomic mass is 16.5. The minimum absolute atomic E-state index is 0.277. The minimum atomic E-state index is -0.306. The van der Waals surface area contributed by atoms with Crippen LogP contribution < -0.4 is 21.1 Å². The molecule has 0 aliphatic heterocycles. The van der Waals surface area contributed by atoms with Crippen LogP contribution in [-0.4, -0.2) is 31.5 Å². The second-order valence-electron chi connectivity index (χ2n) is 6.28. The number of amides is 2. The summed E-state index contributed by atoms with van der Waals surface area (Å²) in [6.45, 7) is 5.42. The highest BCUT2D eigenvalue weighted by molar-refractivity contribution is 6.09. The monoisotopic (exact) mass is 355 g/mol. The third-order valence-electron chi connectivity index (χ3n) is 3.53. The van der Waals surface area contributed by atoms with Gasteiger partial charge in [-0.05, 0) is 36.2 Å². The molecule has 0 spiro atoms. The van der Waals surface area contributed by atoms with E-state index in [1.165, 1.54) is 0 Å². The zero-order chi connectivity index (χ0) is 18.9. The van der Waals surface area contributed by atoms with Gasteiger partial charge in [0, 0.05) is 18.7 Å². The van der Waals surface area contributed by atoms with Gasteiger partial charge in [-0.1, -0.05) is 32.0 Å². The maximum absolute atomic E-state index is 12.6. The van der Waals surface area contributed by atoms with Gasteiger partial charge in [-0.25, -0.2) is 0 Å². The van der Waals surface area contributed by atoms with Gasteiger partial charge in [-0.2, -0.15) is 0 Å². The lowest BCUT2D eigenvalue weighted by molar-refractivity contribution is 0.0955. The van der Waals surface area contributed by atoms with Gasteiger partial charge in [0.1, 0.15) is 5.75 Å². The zero-order valence-corrected chi connectivity index (χ0v) is 15.1. The molecule has 2 amide bonds. The van der Waals surface area contributed by atoms with E-state index in [1.807, 2.05) is 6.07 Å². The Hall–Kier alpha value is -2.86. The summed E-state index contributed by atoms with van der Waals surface area (Å²) in [6.07, 6.45) is 0. The van der Waals surface area contributed by atoms with Crippen LogP contribution in [0, 0.1) is 5.92 Å². The minimum Gasteiger partial charge on any atom is -0.493 e. The Morgan fingerprint density at radius 1 is 1.08 bits per heavy atom. The summed E-state index contributed by atoms with van der Waals surface area (Å²) in [5.41, 5.74) is 6.71. The SMILES string of the molecule is CC(C)COc1cccc(C(=O)Nc2ccccc2C(=O)NCCN)c1. The summed E-state index contributed by atoms with van der Waals surface area (Å²) in [5.74, 6) is 0.450. The van der Waals surface area contributed by atoms with Crippen LogP contribution in [0.2, 0.25) is 0 Å². The number of rotatable bonds is 8. The van der Waals surface area contributed by atoms with E-state index in [0.717, 1.165) is 0 Å². The van der Waals surface area contributed by atoms with E-state index in [2.05, 4.69) is 24.5 Å². The van der Waals surface area contributed by atoms with Crippen LogP contribution in [0.15, 0.2) is 48.5 Å². The van der Waals surface area contributed by atoms with Crippen molar-refractivity contribution in [3.8, 4) is 5.75 Å². The Labute approximate surface area is 153 Å². The highest BCUT2D eigenvalue weighted by Crippen LogP contribution is 2.19. The number of benzene rings is 2. The molecular weight excluding hydrogens is 330 g/mol. The molecule has 0 unspecified atom stereocenters. The van der Waals surface area contributed by atoms with Crippen LogP contribution in [0.25, 0.3) is 0 Å². The molecule has 0 aliphatic rings. The summed E-state index contributed by atoms with van der Waals surface area (Å²) >= 11 is 0. The number of para-hydroxylation sites is 1. The Bertz CT molecular complexity index is 759. The lowest BCUT2D eigenvalue weighted by atomic mass is 10.1. The number of carbonyl (C=O) groups excluding carboxylic acids is 2. The quantitative estimate of drug-likeness (QED) is 0.679. The summed E-state index contributed by atoms with van der Waals surface area (Å²) in [4.78, 5) is 24.8. The van der Waals surface area contributed by atoms with Gasteiger partial charge in [-0.3, -0.25) is 9.59 Å². The van der Waals surface area contributed by atoms with E-state index in [-0.39, 0.29) is 11.8 Å². The van der Waals surface area contributed by atoms with Gasteiger partial charge in [-0.15, -0.1) is 0 Å². The van der Waals surface area contributed by atoms with Gasteiger partial charge in [0.2, 0.25) is 0 Å². The van der Waals surface area contributed by atoms with Crippen molar-refractivity contribution in [2.24, 2.45) is 11.7 Å². The lowest BCUT2D eigenvalue weighted by Crippen LogP contribution is -2.30. The zero-order valence-electron chi connectivity index (χ0n) is 15.1. The average molecular weight is 355 g/mol. The molecule has 6 heteroatoms. The molecule has 4 N–H and O–H groups in total. The van der Waals surface area contributed by atoms with Crippen molar-refractivity contribution in [1.82, 2.24) is 5.32 Å². The number of hydrogen-bond donors (Lipinski definition) is 3. The number of nitrogens with two attached hydrogens (primary N) is 1. The largest absolute Gasteiger partial charge is 0.493 e. The fraction of sp³-hybridized carbons (Fsp3) is 0.300. The molecule has 2 aromatic carbocycles. The molecule has 0 bridgehead atoms. The van der Waals surface area contributed by atoms with Gasteiger partial charge in [0.15, 0.2) is 0 Å².